The Bertz CT molecular complexity index is 296. The maximum absolute atomic E-state index is 12.6. The Morgan fingerprint density at radius 2 is 2.18 bits per heavy atom. The molecule has 1 rings (SSSR count). The Kier molecular flexibility index (Phi) is 2.58. The predicted octanol–water partition coefficient (Wildman–Crippen LogP) is 3.38. The minimum Gasteiger partial charge on any atom is -0.205 e. The summed E-state index contributed by atoms with van der Waals surface area (Å²) >= 11 is 9.50. The molecule has 0 bridgehead atoms. The van der Waals surface area contributed by atoms with E-state index < -0.39 is 5.82 Å². The van der Waals surface area contributed by atoms with Gasteiger partial charge in [0, 0.05) is 4.91 Å². The highest BCUT2D eigenvalue weighted by Gasteiger charge is 2.00. The summed E-state index contributed by atoms with van der Waals surface area (Å²) in [5, 5.41) is 0.0951. The summed E-state index contributed by atoms with van der Waals surface area (Å²) in [6.07, 6.45) is 0. The molecule has 11 heavy (non-hydrogen) atoms. The second kappa shape index (κ2) is 3.28. The Morgan fingerprint density at radius 1 is 1.55 bits per heavy atom. The monoisotopic (exact) mass is 188 g/mol. The van der Waals surface area contributed by atoms with Crippen molar-refractivity contribution in [2.75, 3.05) is 0 Å². The molecule has 0 radical (unpaired) electrons. The van der Waals surface area contributed by atoms with Gasteiger partial charge in [-0.1, -0.05) is 24.2 Å². The van der Waals surface area contributed by atoms with Gasteiger partial charge in [-0.15, -0.1) is 12.6 Å². The smallest absolute Gasteiger partial charge is 0.141 e. The van der Waals surface area contributed by atoms with E-state index in [1.165, 1.54) is 12.1 Å². The third kappa shape index (κ3) is 1.98. The number of benzene rings is 1. The molecule has 0 amide bonds. The molecule has 0 N–H and O–H groups in total. The first-order valence-corrected chi connectivity index (χ1v) is 3.77. The summed E-state index contributed by atoms with van der Waals surface area (Å²) in [5.41, 5.74) is 0.736. The maximum Gasteiger partial charge on any atom is 0.141 e. The highest BCUT2D eigenvalue weighted by molar-refractivity contribution is 7.90. The molecule has 0 fully saturated rings. The molecular formula is C8H6ClFS. The first kappa shape index (κ1) is 8.62. The second-order valence-corrected chi connectivity index (χ2v) is 3.02. The van der Waals surface area contributed by atoms with Crippen molar-refractivity contribution in [1.29, 1.82) is 0 Å². The predicted molar refractivity (Wildman–Crippen MR) is 49.4 cm³/mol. The van der Waals surface area contributed by atoms with E-state index in [2.05, 4.69) is 19.2 Å². The zero-order valence-electron chi connectivity index (χ0n) is 5.64. The van der Waals surface area contributed by atoms with E-state index in [1.54, 1.807) is 6.07 Å². The molecule has 0 heterocycles. The van der Waals surface area contributed by atoms with Gasteiger partial charge in [0.05, 0.1) is 5.02 Å². The molecule has 1 aromatic rings. The van der Waals surface area contributed by atoms with Crippen LogP contribution in [0.25, 0.3) is 4.91 Å². The molecule has 0 nitrogen and oxygen atoms in total. The molecular weight excluding hydrogens is 183 g/mol. The van der Waals surface area contributed by atoms with E-state index >= 15 is 0 Å². The normalized spacial score (nSPS) is 9.73. The summed E-state index contributed by atoms with van der Waals surface area (Å²) in [6, 6.07) is 4.36. The van der Waals surface area contributed by atoms with Crippen molar-refractivity contribution >= 4 is 29.1 Å². The Balaban J connectivity index is 3.15. The SMILES string of the molecule is C=C(S)c1ccc(F)c(Cl)c1. The molecule has 0 aliphatic heterocycles. The third-order valence-corrected chi connectivity index (χ3v) is 1.80. The van der Waals surface area contributed by atoms with Crippen LogP contribution in [0, 0.1) is 5.82 Å². The quantitative estimate of drug-likeness (QED) is 0.642. The van der Waals surface area contributed by atoms with E-state index in [9.17, 15) is 4.39 Å². The molecule has 0 aliphatic carbocycles. The minimum atomic E-state index is -0.426. The Labute approximate surface area is 75.1 Å². The molecule has 0 spiro atoms. The van der Waals surface area contributed by atoms with Crippen LogP contribution in [-0.4, -0.2) is 0 Å². The molecule has 58 valence electrons. The lowest BCUT2D eigenvalue weighted by Crippen LogP contribution is -1.79. The number of hydrogen-bond acceptors (Lipinski definition) is 1. The molecule has 0 saturated heterocycles. The molecule has 0 saturated carbocycles. The molecule has 0 unspecified atom stereocenters. The maximum atomic E-state index is 12.6. The van der Waals surface area contributed by atoms with Gasteiger partial charge in [-0.25, -0.2) is 4.39 Å². The Morgan fingerprint density at radius 3 is 2.64 bits per heavy atom. The van der Waals surface area contributed by atoms with Gasteiger partial charge < -0.3 is 0 Å². The van der Waals surface area contributed by atoms with Crippen LogP contribution in [0.15, 0.2) is 24.8 Å². The van der Waals surface area contributed by atoms with Crippen LogP contribution in [0.5, 0.6) is 0 Å². The van der Waals surface area contributed by atoms with Gasteiger partial charge in [0.25, 0.3) is 0 Å². The lowest BCUT2D eigenvalue weighted by Gasteiger charge is -1.99. The van der Waals surface area contributed by atoms with Gasteiger partial charge in [-0.3, -0.25) is 0 Å². The number of rotatable bonds is 1. The second-order valence-electron chi connectivity index (χ2n) is 2.08. The molecule has 0 aromatic heterocycles. The molecule has 0 aliphatic rings. The van der Waals surface area contributed by atoms with Gasteiger partial charge in [0.2, 0.25) is 0 Å². The van der Waals surface area contributed by atoms with Crippen LogP contribution in [0.2, 0.25) is 5.02 Å². The van der Waals surface area contributed by atoms with Crippen LogP contribution >= 0.6 is 24.2 Å². The van der Waals surface area contributed by atoms with Crippen molar-refractivity contribution in [3.63, 3.8) is 0 Å². The zero-order chi connectivity index (χ0) is 8.43. The first-order valence-electron chi connectivity index (χ1n) is 2.94. The topological polar surface area (TPSA) is 0 Å². The lowest BCUT2D eigenvalue weighted by molar-refractivity contribution is 0.628. The van der Waals surface area contributed by atoms with E-state index in [4.69, 9.17) is 11.6 Å². The number of halogens is 2. The number of thiol groups is 1. The first-order chi connectivity index (χ1) is 5.11. The van der Waals surface area contributed by atoms with E-state index in [1.807, 2.05) is 0 Å². The summed E-state index contributed by atoms with van der Waals surface area (Å²) in [5.74, 6) is -0.426. The summed E-state index contributed by atoms with van der Waals surface area (Å²) < 4.78 is 12.6. The average Bonchev–Trinajstić information content (AvgIpc) is 1.94. The zero-order valence-corrected chi connectivity index (χ0v) is 7.29. The van der Waals surface area contributed by atoms with Gasteiger partial charge in [-0.2, -0.15) is 0 Å². The largest absolute Gasteiger partial charge is 0.205 e. The van der Waals surface area contributed by atoms with Gasteiger partial charge in [0.15, 0.2) is 0 Å². The van der Waals surface area contributed by atoms with Crippen LogP contribution in [0.3, 0.4) is 0 Å². The van der Waals surface area contributed by atoms with Gasteiger partial charge >= 0.3 is 0 Å². The van der Waals surface area contributed by atoms with Crippen molar-refractivity contribution in [3.8, 4) is 0 Å². The fourth-order valence-electron chi connectivity index (χ4n) is 0.676. The van der Waals surface area contributed by atoms with Crippen LogP contribution in [-0.2, 0) is 0 Å². The fourth-order valence-corrected chi connectivity index (χ4v) is 0.995. The van der Waals surface area contributed by atoms with Gasteiger partial charge in [0.1, 0.15) is 5.82 Å². The van der Waals surface area contributed by atoms with Crippen LogP contribution in [0.4, 0.5) is 4.39 Å². The third-order valence-electron chi connectivity index (χ3n) is 1.25. The lowest BCUT2D eigenvalue weighted by atomic mass is 10.2. The van der Waals surface area contributed by atoms with Crippen LogP contribution < -0.4 is 0 Å². The molecule has 3 heteroatoms. The van der Waals surface area contributed by atoms with Gasteiger partial charge in [-0.05, 0) is 17.7 Å². The fraction of sp³-hybridized carbons (Fsp3) is 0. The minimum absolute atomic E-state index is 0.0951. The summed E-state index contributed by atoms with van der Waals surface area (Å²) in [4.78, 5) is 0.576. The molecule has 0 atom stereocenters. The Hall–Kier alpha value is -0.470. The van der Waals surface area contributed by atoms with Crippen molar-refractivity contribution in [1.82, 2.24) is 0 Å². The van der Waals surface area contributed by atoms with Crippen molar-refractivity contribution in [2.45, 2.75) is 0 Å². The van der Waals surface area contributed by atoms with Crippen molar-refractivity contribution in [3.05, 3.63) is 41.2 Å². The summed E-state index contributed by atoms with van der Waals surface area (Å²) in [7, 11) is 0. The number of hydrogen-bond donors (Lipinski definition) is 1. The van der Waals surface area contributed by atoms with Crippen molar-refractivity contribution in [2.24, 2.45) is 0 Å². The van der Waals surface area contributed by atoms with E-state index in [0.29, 0.717) is 4.91 Å². The van der Waals surface area contributed by atoms with E-state index in [0.717, 1.165) is 5.56 Å². The highest BCUT2D eigenvalue weighted by Crippen LogP contribution is 2.22. The highest BCUT2D eigenvalue weighted by atomic mass is 35.5. The average molecular weight is 189 g/mol. The van der Waals surface area contributed by atoms with E-state index in [-0.39, 0.29) is 5.02 Å². The van der Waals surface area contributed by atoms with Crippen molar-refractivity contribution < 1.29 is 4.39 Å². The van der Waals surface area contributed by atoms with Crippen LogP contribution in [0.1, 0.15) is 5.56 Å². The molecule has 1 aromatic carbocycles. The summed E-state index contributed by atoms with van der Waals surface area (Å²) in [6.45, 7) is 3.58. The standard InChI is InChI=1S/C8H6ClFS/c1-5(11)6-2-3-8(10)7(9)4-6/h2-4,11H,1H2.